The van der Waals surface area contributed by atoms with Crippen molar-refractivity contribution in [1.29, 1.82) is 0 Å². The van der Waals surface area contributed by atoms with Gasteiger partial charge in [0.15, 0.2) is 0 Å². The summed E-state index contributed by atoms with van der Waals surface area (Å²) in [5.41, 5.74) is 0. The standard InChI is InChI=1S/C9H16OS/c1-5-6-7-8(10)9(2,3)11-4/h8,10H,7H2,1-4H3. The van der Waals surface area contributed by atoms with Crippen LogP contribution in [0.5, 0.6) is 0 Å². The van der Waals surface area contributed by atoms with Crippen LogP contribution in [0.25, 0.3) is 0 Å². The minimum Gasteiger partial charge on any atom is -0.391 e. The fourth-order valence-corrected chi connectivity index (χ4v) is 0.936. The number of aliphatic hydroxyl groups excluding tert-OH is 1. The fourth-order valence-electron chi connectivity index (χ4n) is 0.581. The highest BCUT2D eigenvalue weighted by Crippen LogP contribution is 2.26. The lowest BCUT2D eigenvalue weighted by atomic mass is 10.0. The predicted octanol–water partition coefficient (Wildman–Crippen LogP) is 1.90. The number of hydrogen-bond donors (Lipinski definition) is 1. The van der Waals surface area contributed by atoms with Crippen LogP contribution in [0.1, 0.15) is 27.2 Å². The Bertz CT molecular complexity index is 164. The van der Waals surface area contributed by atoms with Crippen LogP contribution in [-0.4, -0.2) is 22.2 Å². The smallest absolute Gasteiger partial charge is 0.0790 e. The van der Waals surface area contributed by atoms with E-state index in [-0.39, 0.29) is 10.9 Å². The Labute approximate surface area is 73.6 Å². The van der Waals surface area contributed by atoms with Crippen LogP contribution in [0.3, 0.4) is 0 Å². The summed E-state index contributed by atoms with van der Waals surface area (Å²) in [5, 5.41) is 9.58. The molecule has 0 aliphatic heterocycles. The van der Waals surface area contributed by atoms with Crippen LogP contribution in [0.15, 0.2) is 0 Å². The van der Waals surface area contributed by atoms with Gasteiger partial charge >= 0.3 is 0 Å². The Hall–Kier alpha value is -0.130. The number of aliphatic hydroxyl groups is 1. The van der Waals surface area contributed by atoms with Crippen molar-refractivity contribution in [3.05, 3.63) is 0 Å². The van der Waals surface area contributed by atoms with E-state index in [2.05, 4.69) is 11.8 Å². The quantitative estimate of drug-likeness (QED) is 0.656. The van der Waals surface area contributed by atoms with E-state index in [1.54, 1.807) is 18.7 Å². The first-order valence-electron chi connectivity index (χ1n) is 3.67. The lowest BCUT2D eigenvalue weighted by Crippen LogP contribution is -2.31. The van der Waals surface area contributed by atoms with Crippen LogP contribution in [0.4, 0.5) is 0 Å². The maximum Gasteiger partial charge on any atom is 0.0790 e. The van der Waals surface area contributed by atoms with Gasteiger partial charge in [-0.25, -0.2) is 0 Å². The van der Waals surface area contributed by atoms with E-state index in [1.165, 1.54) is 0 Å². The van der Waals surface area contributed by atoms with Crippen LogP contribution in [0.2, 0.25) is 0 Å². The molecule has 0 bridgehead atoms. The van der Waals surface area contributed by atoms with Gasteiger partial charge in [-0.1, -0.05) is 0 Å². The second-order valence-electron chi connectivity index (χ2n) is 2.95. The van der Waals surface area contributed by atoms with Crippen molar-refractivity contribution in [2.75, 3.05) is 6.26 Å². The van der Waals surface area contributed by atoms with Crippen molar-refractivity contribution in [3.63, 3.8) is 0 Å². The Kier molecular flexibility index (Phi) is 4.63. The molecule has 0 fully saturated rings. The molecule has 0 aliphatic rings. The van der Waals surface area contributed by atoms with Gasteiger partial charge in [0.1, 0.15) is 0 Å². The lowest BCUT2D eigenvalue weighted by molar-refractivity contribution is 0.147. The van der Waals surface area contributed by atoms with Crippen LogP contribution >= 0.6 is 11.8 Å². The molecule has 0 rings (SSSR count). The number of thioether (sulfide) groups is 1. The first-order chi connectivity index (χ1) is 5.04. The SMILES string of the molecule is CC#CCC(O)C(C)(C)SC. The van der Waals surface area contributed by atoms with E-state index in [4.69, 9.17) is 0 Å². The molecule has 0 aromatic rings. The predicted molar refractivity (Wildman–Crippen MR) is 51.7 cm³/mol. The summed E-state index contributed by atoms with van der Waals surface area (Å²) in [7, 11) is 0. The van der Waals surface area contributed by atoms with E-state index in [9.17, 15) is 5.11 Å². The van der Waals surface area contributed by atoms with Gasteiger partial charge in [0.25, 0.3) is 0 Å². The monoisotopic (exact) mass is 172 g/mol. The third kappa shape index (κ3) is 3.69. The molecule has 1 atom stereocenters. The molecule has 2 heteroatoms. The molecule has 11 heavy (non-hydrogen) atoms. The van der Waals surface area contributed by atoms with Gasteiger partial charge in [0, 0.05) is 11.2 Å². The van der Waals surface area contributed by atoms with Gasteiger partial charge in [-0.2, -0.15) is 11.8 Å². The molecule has 1 unspecified atom stereocenters. The van der Waals surface area contributed by atoms with E-state index < -0.39 is 0 Å². The first kappa shape index (κ1) is 10.9. The molecule has 1 nitrogen and oxygen atoms in total. The van der Waals surface area contributed by atoms with Crippen LogP contribution in [-0.2, 0) is 0 Å². The summed E-state index contributed by atoms with van der Waals surface area (Å²) in [6, 6.07) is 0. The highest BCUT2D eigenvalue weighted by Gasteiger charge is 2.25. The van der Waals surface area contributed by atoms with Gasteiger partial charge in [0.05, 0.1) is 6.10 Å². The molecule has 0 saturated heterocycles. The fraction of sp³-hybridized carbons (Fsp3) is 0.778. The molecular formula is C9H16OS. The van der Waals surface area contributed by atoms with Gasteiger partial charge < -0.3 is 5.11 Å². The van der Waals surface area contributed by atoms with Gasteiger partial charge in [0.2, 0.25) is 0 Å². The normalized spacial score (nSPS) is 13.5. The molecule has 0 aliphatic carbocycles. The largest absolute Gasteiger partial charge is 0.391 e. The number of rotatable bonds is 3. The second kappa shape index (κ2) is 4.69. The van der Waals surface area contributed by atoms with Crippen molar-refractivity contribution in [3.8, 4) is 11.8 Å². The van der Waals surface area contributed by atoms with Crippen molar-refractivity contribution in [2.45, 2.75) is 38.0 Å². The van der Waals surface area contributed by atoms with Crippen molar-refractivity contribution >= 4 is 11.8 Å². The Morgan fingerprint density at radius 2 is 2.09 bits per heavy atom. The van der Waals surface area contributed by atoms with Crippen LogP contribution < -0.4 is 0 Å². The van der Waals surface area contributed by atoms with Crippen molar-refractivity contribution in [2.24, 2.45) is 0 Å². The first-order valence-corrected chi connectivity index (χ1v) is 4.90. The molecule has 1 N–H and O–H groups in total. The molecule has 64 valence electrons. The summed E-state index contributed by atoms with van der Waals surface area (Å²) < 4.78 is -0.0795. The Morgan fingerprint density at radius 1 is 1.55 bits per heavy atom. The third-order valence-electron chi connectivity index (χ3n) is 1.80. The minimum absolute atomic E-state index is 0.0795. The van der Waals surface area contributed by atoms with Gasteiger partial charge in [-0.3, -0.25) is 0 Å². The zero-order valence-electron chi connectivity index (χ0n) is 7.64. The van der Waals surface area contributed by atoms with Crippen molar-refractivity contribution < 1.29 is 5.11 Å². The third-order valence-corrected chi connectivity index (χ3v) is 3.13. The summed E-state index contributed by atoms with van der Waals surface area (Å²) >= 11 is 1.67. The minimum atomic E-state index is -0.329. The highest BCUT2D eigenvalue weighted by atomic mass is 32.2. The maximum absolute atomic E-state index is 9.58. The van der Waals surface area contributed by atoms with E-state index in [1.807, 2.05) is 20.1 Å². The Morgan fingerprint density at radius 3 is 2.45 bits per heavy atom. The van der Waals surface area contributed by atoms with E-state index in [0.29, 0.717) is 6.42 Å². The summed E-state index contributed by atoms with van der Waals surface area (Å²) in [4.78, 5) is 0. The average molecular weight is 172 g/mol. The van der Waals surface area contributed by atoms with Gasteiger partial charge in [-0.05, 0) is 27.0 Å². The molecular weight excluding hydrogens is 156 g/mol. The maximum atomic E-state index is 9.58. The number of hydrogen-bond acceptors (Lipinski definition) is 2. The molecule has 0 aromatic heterocycles. The highest BCUT2D eigenvalue weighted by molar-refractivity contribution is 8.00. The Balaban J connectivity index is 3.97. The molecule has 0 saturated carbocycles. The topological polar surface area (TPSA) is 20.2 Å². The average Bonchev–Trinajstić information content (AvgIpc) is 2.00. The summed E-state index contributed by atoms with van der Waals surface area (Å²) in [6.07, 6.45) is 2.25. The zero-order chi connectivity index (χ0) is 8.91. The summed E-state index contributed by atoms with van der Waals surface area (Å²) in [6.45, 7) is 5.85. The molecule has 0 aromatic carbocycles. The van der Waals surface area contributed by atoms with E-state index >= 15 is 0 Å². The van der Waals surface area contributed by atoms with Crippen LogP contribution in [0, 0.1) is 11.8 Å². The molecule has 0 radical (unpaired) electrons. The summed E-state index contributed by atoms with van der Waals surface area (Å²) in [5.74, 6) is 5.65. The molecule has 0 heterocycles. The second-order valence-corrected chi connectivity index (χ2v) is 4.41. The van der Waals surface area contributed by atoms with Crippen molar-refractivity contribution in [1.82, 2.24) is 0 Å². The van der Waals surface area contributed by atoms with E-state index in [0.717, 1.165) is 0 Å². The zero-order valence-corrected chi connectivity index (χ0v) is 8.46. The lowest BCUT2D eigenvalue weighted by Gasteiger charge is -2.26. The molecule has 0 spiro atoms. The van der Waals surface area contributed by atoms with Gasteiger partial charge in [-0.15, -0.1) is 11.8 Å². The molecule has 0 amide bonds.